The van der Waals surface area contributed by atoms with Gasteiger partial charge in [-0.15, -0.1) is 0 Å². The molecule has 0 radical (unpaired) electrons. The topological polar surface area (TPSA) is 83.9 Å². The minimum absolute atomic E-state index is 0.0797. The van der Waals surface area contributed by atoms with Crippen LogP contribution in [0, 0.1) is 12.7 Å². The van der Waals surface area contributed by atoms with Gasteiger partial charge in [-0.1, -0.05) is 31.4 Å². The monoisotopic (exact) mass is 437 g/mol. The number of nitrogens with zero attached hydrogens (tertiary/aromatic N) is 4. The Balaban J connectivity index is 1.47. The van der Waals surface area contributed by atoms with E-state index >= 15 is 0 Å². The molecule has 1 amide bonds. The van der Waals surface area contributed by atoms with E-state index in [1.54, 1.807) is 17.0 Å². The molecule has 168 valence electrons. The predicted octanol–water partition coefficient (Wildman–Crippen LogP) is 4.09. The van der Waals surface area contributed by atoms with Gasteiger partial charge < -0.3 is 9.88 Å². The molecule has 2 fully saturated rings. The molecule has 1 atom stereocenters. The minimum Gasteiger partial charge on any atom is -0.338 e. The first-order valence-corrected chi connectivity index (χ1v) is 11.6. The number of carbonyl (C=O) groups excluding carboxylic acids is 1. The molecule has 1 saturated carbocycles. The van der Waals surface area contributed by atoms with Crippen LogP contribution in [0.2, 0.25) is 0 Å². The summed E-state index contributed by atoms with van der Waals surface area (Å²) < 4.78 is 16.1. The van der Waals surface area contributed by atoms with Crippen LogP contribution in [0.4, 0.5) is 4.39 Å². The molecule has 1 saturated heterocycles. The van der Waals surface area contributed by atoms with Crippen molar-refractivity contribution in [3.63, 3.8) is 0 Å². The zero-order valence-electron chi connectivity index (χ0n) is 18.3. The quantitative estimate of drug-likeness (QED) is 0.669. The van der Waals surface area contributed by atoms with Crippen molar-refractivity contribution >= 4 is 16.9 Å². The van der Waals surface area contributed by atoms with Crippen LogP contribution in [-0.4, -0.2) is 43.6 Å². The van der Waals surface area contributed by atoms with Gasteiger partial charge >= 0.3 is 0 Å². The molecule has 0 bridgehead atoms. The Labute approximate surface area is 185 Å². The van der Waals surface area contributed by atoms with E-state index in [4.69, 9.17) is 4.98 Å². The highest BCUT2D eigenvalue weighted by Gasteiger charge is 2.30. The van der Waals surface area contributed by atoms with Crippen LogP contribution >= 0.6 is 0 Å². The maximum absolute atomic E-state index is 14.1. The van der Waals surface area contributed by atoms with Gasteiger partial charge in [-0.25, -0.2) is 14.1 Å². The first-order valence-electron chi connectivity index (χ1n) is 11.6. The highest BCUT2D eigenvalue weighted by atomic mass is 19.1. The van der Waals surface area contributed by atoms with Crippen molar-refractivity contribution in [2.45, 2.75) is 63.8 Å². The number of carbonyl (C=O) groups is 1. The van der Waals surface area contributed by atoms with Gasteiger partial charge in [0.25, 0.3) is 11.5 Å². The van der Waals surface area contributed by atoms with E-state index < -0.39 is 5.82 Å². The van der Waals surface area contributed by atoms with E-state index in [9.17, 15) is 14.0 Å². The van der Waals surface area contributed by atoms with E-state index in [0.717, 1.165) is 38.5 Å². The number of H-pyrrole nitrogens is 1. The molecule has 7 nitrogen and oxygen atoms in total. The van der Waals surface area contributed by atoms with Crippen molar-refractivity contribution in [3.05, 3.63) is 57.5 Å². The van der Waals surface area contributed by atoms with Crippen molar-refractivity contribution < 1.29 is 9.18 Å². The van der Waals surface area contributed by atoms with E-state index in [2.05, 4.69) is 10.1 Å². The second-order valence-electron chi connectivity index (χ2n) is 9.04. The van der Waals surface area contributed by atoms with E-state index in [0.29, 0.717) is 35.6 Å². The number of aromatic nitrogens is 4. The van der Waals surface area contributed by atoms with Crippen LogP contribution in [0.1, 0.15) is 78.8 Å². The van der Waals surface area contributed by atoms with E-state index in [1.807, 2.05) is 11.6 Å². The minimum atomic E-state index is -0.514. The standard InChI is InChI=1S/C24H28FN5O2/c1-15-20-22(30(28-15)17-9-3-2-4-10-17)26-21(27-23(20)31)16-8-7-13-29(14-16)24(32)18-11-5-6-12-19(18)25/h5-6,11-12,16-17H,2-4,7-10,13-14H2,1H3,(H,26,27,31). The largest absolute Gasteiger partial charge is 0.338 e. The van der Waals surface area contributed by atoms with Crippen LogP contribution < -0.4 is 5.56 Å². The van der Waals surface area contributed by atoms with Gasteiger partial charge in [0.2, 0.25) is 0 Å². The Morgan fingerprint density at radius 1 is 1.12 bits per heavy atom. The number of likely N-dealkylation sites (tertiary alicyclic amines) is 1. The van der Waals surface area contributed by atoms with Gasteiger partial charge in [-0.2, -0.15) is 5.10 Å². The number of hydrogen-bond donors (Lipinski definition) is 1. The lowest BCUT2D eigenvalue weighted by Gasteiger charge is -2.32. The fourth-order valence-electron chi connectivity index (χ4n) is 5.19. The number of hydrogen-bond acceptors (Lipinski definition) is 4. The zero-order valence-corrected chi connectivity index (χ0v) is 18.3. The Morgan fingerprint density at radius 3 is 2.69 bits per heavy atom. The number of halogens is 1. The molecule has 2 aromatic heterocycles. The lowest BCUT2D eigenvalue weighted by Crippen LogP contribution is -2.40. The molecule has 1 N–H and O–H groups in total. The lowest BCUT2D eigenvalue weighted by molar-refractivity contribution is 0.0700. The molecule has 0 spiro atoms. The fraction of sp³-hybridized carbons (Fsp3) is 0.500. The normalized spacial score (nSPS) is 20.1. The molecule has 1 unspecified atom stereocenters. The van der Waals surface area contributed by atoms with Crippen LogP contribution in [0.15, 0.2) is 29.1 Å². The summed E-state index contributed by atoms with van der Waals surface area (Å²) in [5.74, 6) is -0.351. The SMILES string of the molecule is Cc1nn(C2CCCCC2)c2nc(C3CCCN(C(=O)c4ccccc4F)C3)[nH]c(=O)c12. The van der Waals surface area contributed by atoms with Crippen molar-refractivity contribution in [3.8, 4) is 0 Å². The molecule has 3 aromatic rings. The smallest absolute Gasteiger partial charge is 0.262 e. The molecule has 1 aliphatic carbocycles. The van der Waals surface area contributed by atoms with Crippen molar-refractivity contribution in [1.29, 1.82) is 0 Å². The highest BCUT2D eigenvalue weighted by molar-refractivity contribution is 5.94. The Kier molecular flexibility index (Phi) is 5.53. The first kappa shape index (κ1) is 20.8. The third kappa shape index (κ3) is 3.72. The number of aromatic amines is 1. The molecule has 3 heterocycles. The van der Waals surface area contributed by atoms with Crippen molar-refractivity contribution in [1.82, 2.24) is 24.6 Å². The van der Waals surface area contributed by atoms with Gasteiger partial charge in [-0.3, -0.25) is 9.59 Å². The maximum atomic E-state index is 14.1. The van der Waals surface area contributed by atoms with Gasteiger partial charge in [0.05, 0.1) is 17.3 Å². The molecule has 32 heavy (non-hydrogen) atoms. The second-order valence-corrected chi connectivity index (χ2v) is 9.04. The Morgan fingerprint density at radius 2 is 1.91 bits per heavy atom. The lowest BCUT2D eigenvalue weighted by atomic mass is 9.95. The van der Waals surface area contributed by atoms with Crippen molar-refractivity contribution in [2.75, 3.05) is 13.1 Å². The Hall–Kier alpha value is -3.03. The molecular formula is C24H28FN5O2. The first-order chi connectivity index (χ1) is 15.5. The van der Waals surface area contributed by atoms with Crippen LogP contribution in [-0.2, 0) is 0 Å². The number of benzene rings is 1. The maximum Gasteiger partial charge on any atom is 0.262 e. The summed E-state index contributed by atoms with van der Waals surface area (Å²) in [6.45, 7) is 2.82. The molecular weight excluding hydrogens is 409 g/mol. The fourth-order valence-corrected chi connectivity index (χ4v) is 5.19. The molecule has 1 aromatic carbocycles. The summed E-state index contributed by atoms with van der Waals surface area (Å²) in [5.41, 5.74) is 1.25. The van der Waals surface area contributed by atoms with E-state index in [1.165, 1.54) is 18.6 Å². The van der Waals surface area contributed by atoms with Crippen LogP contribution in [0.3, 0.4) is 0 Å². The second kappa shape index (κ2) is 8.48. The van der Waals surface area contributed by atoms with E-state index in [-0.39, 0.29) is 29.0 Å². The van der Waals surface area contributed by atoms with Crippen LogP contribution in [0.5, 0.6) is 0 Å². The molecule has 5 rings (SSSR count). The average Bonchev–Trinajstić information content (AvgIpc) is 3.16. The van der Waals surface area contributed by atoms with Gasteiger partial charge in [0, 0.05) is 19.0 Å². The third-order valence-electron chi connectivity index (χ3n) is 6.88. The molecule has 1 aliphatic heterocycles. The van der Waals surface area contributed by atoms with Gasteiger partial charge in [-0.05, 0) is 44.7 Å². The number of piperidine rings is 1. The van der Waals surface area contributed by atoms with Crippen molar-refractivity contribution in [2.24, 2.45) is 0 Å². The summed E-state index contributed by atoms with van der Waals surface area (Å²) in [5, 5.41) is 5.23. The predicted molar refractivity (Wildman–Crippen MR) is 119 cm³/mol. The molecule has 8 heteroatoms. The summed E-state index contributed by atoms with van der Waals surface area (Å²) in [6.07, 6.45) is 7.25. The zero-order chi connectivity index (χ0) is 22.2. The number of fused-ring (bicyclic) bond motifs is 1. The number of amides is 1. The van der Waals surface area contributed by atoms with Gasteiger partial charge in [0.15, 0.2) is 5.65 Å². The van der Waals surface area contributed by atoms with Gasteiger partial charge in [0.1, 0.15) is 17.0 Å². The van der Waals surface area contributed by atoms with Crippen LogP contribution in [0.25, 0.3) is 11.0 Å². The molecule has 2 aliphatic rings. The number of rotatable bonds is 3. The Bertz CT molecular complexity index is 1210. The summed E-state index contributed by atoms with van der Waals surface area (Å²) in [6, 6.07) is 6.33. The summed E-state index contributed by atoms with van der Waals surface area (Å²) in [7, 11) is 0. The third-order valence-corrected chi connectivity index (χ3v) is 6.88. The summed E-state index contributed by atoms with van der Waals surface area (Å²) >= 11 is 0. The average molecular weight is 438 g/mol. The highest BCUT2D eigenvalue weighted by Crippen LogP contribution is 2.31. The summed E-state index contributed by atoms with van der Waals surface area (Å²) in [4.78, 5) is 35.4. The number of aryl methyl sites for hydroxylation is 1. The number of nitrogens with one attached hydrogen (secondary N) is 1.